The summed E-state index contributed by atoms with van der Waals surface area (Å²) in [7, 11) is 0. The van der Waals surface area contributed by atoms with E-state index in [0.29, 0.717) is 0 Å². The Morgan fingerprint density at radius 1 is 0.778 bits per heavy atom. The normalized spacial score (nSPS) is 11.2. The lowest BCUT2D eigenvalue weighted by Crippen LogP contribution is -1.99. The van der Waals surface area contributed by atoms with Gasteiger partial charge in [-0.15, -0.1) is 0 Å². The Morgan fingerprint density at radius 3 is 2.22 bits per heavy atom. The molecule has 27 heavy (non-hydrogen) atoms. The van der Waals surface area contributed by atoms with E-state index < -0.39 is 0 Å². The number of nitrogens with zero attached hydrogens (tertiary/aromatic N) is 2. The maximum atomic E-state index is 4.91. The molecule has 0 radical (unpaired) electrons. The number of hydrogen-bond acceptors (Lipinski definition) is 2. The zero-order valence-electron chi connectivity index (χ0n) is 16.0. The van der Waals surface area contributed by atoms with Crippen molar-refractivity contribution in [2.45, 2.75) is 39.5 Å². The number of aromatic amines is 1. The van der Waals surface area contributed by atoms with Crippen molar-refractivity contribution < 1.29 is 0 Å². The standard InChI is InChI=1S/C24H25N3/c1-3-19-10-8-17(12-20(19)4-2)14-22-6-5-7-23(26-22)15-18-9-11-24-21(13-18)16-25-27-24/h5-13,16H,3-4,14-15H2,1-2H3,(H,25,27). The Kier molecular flexibility index (Phi) is 5.01. The molecule has 0 atom stereocenters. The lowest BCUT2D eigenvalue weighted by molar-refractivity contribution is 0.979. The minimum absolute atomic E-state index is 0.837. The molecule has 2 aromatic carbocycles. The van der Waals surface area contributed by atoms with Crippen LogP contribution in [0.25, 0.3) is 10.9 Å². The molecule has 0 spiro atoms. The number of aromatic nitrogens is 3. The number of hydrogen-bond donors (Lipinski definition) is 1. The summed E-state index contributed by atoms with van der Waals surface area (Å²) in [5.74, 6) is 0. The van der Waals surface area contributed by atoms with Crippen molar-refractivity contribution in [1.82, 2.24) is 15.2 Å². The zero-order chi connectivity index (χ0) is 18.6. The second kappa shape index (κ2) is 7.75. The minimum atomic E-state index is 0.837. The fourth-order valence-electron chi connectivity index (χ4n) is 3.71. The molecule has 0 unspecified atom stereocenters. The lowest BCUT2D eigenvalue weighted by atomic mass is 9.98. The number of nitrogens with one attached hydrogen (secondary N) is 1. The molecule has 3 heteroatoms. The van der Waals surface area contributed by atoms with E-state index in [9.17, 15) is 0 Å². The first kappa shape index (κ1) is 17.5. The van der Waals surface area contributed by atoms with Crippen LogP contribution in [0.15, 0.2) is 60.8 Å². The van der Waals surface area contributed by atoms with Gasteiger partial charge in [0.2, 0.25) is 0 Å². The van der Waals surface area contributed by atoms with Gasteiger partial charge in [0, 0.05) is 29.6 Å². The largest absolute Gasteiger partial charge is 0.278 e. The van der Waals surface area contributed by atoms with Gasteiger partial charge in [-0.1, -0.05) is 44.2 Å². The van der Waals surface area contributed by atoms with Crippen molar-refractivity contribution in [2.75, 3.05) is 0 Å². The van der Waals surface area contributed by atoms with Gasteiger partial charge in [0.1, 0.15) is 0 Å². The van der Waals surface area contributed by atoms with E-state index in [1.54, 1.807) is 0 Å². The van der Waals surface area contributed by atoms with Crippen molar-refractivity contribution in [3.63, 3.8) is 0 Å². The summed E-state index contributed by atoms with van der Waals surface area (Å²) < 4.78 is 0. The molecule has 0 aliphatic rings. The van der Waals surface area contributed by atoms with E-state index in [0.717, 1.165) is 48.0 Å². The molecule has 136 valence electrons. The lowest BCUT2D eigenvalue weighted by Gasteiger charge is -2.10. The highest BCUT2D eigenvalue weighted by Gasteiger charge is 2.05. The SMILES string of the molecule is CCc1ccc(Cc2cccc(Cc3ccc4[nH]ncc4c3)n2)cc1CC. The highest BCUT2D eigenvalue weighted by atomic mass is 15.1. The molecule has 0 aliphatic heterocycles. The smallest absolute Gasteiger partial charge is 0.0650 e. The molecule has 0 fully saturated rings. The molecule has 0 amide bonds. The summed E-state index contributed by atoms with van der Waals surface area (Å²) in [6.45, 7) is 4.45. The van der Waals surface area contributed by atoms with Crippen molar-refractivity contribution in [2.24, 2.45) is 0 Å². The van der Waals surface area contributed by atoms with Crippen molar-refractivity contribution >= 4 is 10.9 Å². The van der Waals surface area contributed by atoms with Gasteiger partial charge in [-0.3, -0.25) is 10.1 Å². The summed E-state index contributed by atoms with van der Waals surface area (Å²) in [4.78, 5) is 4.91. The van der Waals surface area contributed by atoms with Gasteiger partial charge < -0.3 is 0 Å². The van der Waals surface area contributed by atoms with Gasteiger partial charge in [0.25, 0.3) is 0 Å². The van der Waals surface area contributed by atoms with Crippen LogP contribution in [-0.4, -0.2) is 15.2 Å². The van der Waals surface area contributed by atoms with Crippen LogP contribution < -0.4 is 0 Å². The predicted molar refractivity (Wildman–Crippen MR) is 111 cm³/mol. The molecular weight excluding hydrogens is 330 g/mol. The van der Waals surface area contributed by atoms with Crippen LogP contribution in [-0.2, 0) is 25.7 Å². The molecule has 4 aromatic rings. The van der Waals surface area contributed by atoms with Crippen molar-refractivity contribution in [3.05, 3.63) is 94.4 Å². The number of pyridine rings is 1. The first-order valence-corrected chi connectivity index (χ1v) is 9.72. The molecule has 0 bridgehead atoms. The second-order valence-corrected chi connectivity index (χ2v) is 7.08. The summed E-state index contributed by atoms with van der Waals surface area (Å²) in [5.41, 5.74) is 8.82. The highest BCUT2D eigenvalue weighted by Crippen LogP contribution is 2.18. The summed E-state index contributed by atoms with van der Waals surface area (Å²) in [5, 5.41) is 8.24. The third-order valence-electron chi connectivity index (χ3n) is 5.17. The molecule has 3 nitrogen and oxygen atoms in total. The summed E-state index contributed by atoms with van der Waals surface area (Å²) in [6.07, 6.45) is 5.77. The fourth-order valence-corrected chi connectivity index (χ4v) is 3.71. The van der Waals surface area contributed by atoms with Gasteiger partial charge in [0.15, 0.2) is 0 Å². The first-order chi connectivity index (χ1) is 13.2. The Hall–Kier alpha value is -2.94. The van der Waals surface area contributed by atoms with Crippen LogP contribution in [0.3, 0.4) is 0 Å². The molecule has 2 aromatic heterocycles. The van der Waals surface area contributed by atoms with Crippen LogP contribution in [0.2, 0.25) is 0 Å². The topological polar surface area (TPSA) is 41.6 Å². The second-order valence-electron chi connectivity index (χ2n) is 7.08. The average Bonchev–Trinajstić information content (AvgIpc) is 3.16. The monoisotopic (exact) mass is 355 g/mol. The number of rotatable bonds is 6. The zero-order valence-corrected chi connectivity index (χ0v) is 16.0. The molecule has 1 N–H and O–H groups in total. The van der Waals surface area contributed by atoms with E-state index in [-0.39, 0.29) is 0 Å². The van der Waals surface area contributed by atoms with Crippen molar-refractivity contribution in [3.8, 4) is 0 Å². The molecule has 0 saturated heterocycles. The third-order valence-corrected chi connectivity index (χ3v) is 5.17. The van der Waals surface area contributed by atoms with Gasteiger partial charge >= 0.3 is 0 Å². The number of aryl methyl sites for hydroxylation is 2. The number of benzene rings is 2. The third kappa shape index (κ3) is 3.92. The van der Waals surface area contributed by atoms with Gasteiger partial charge in [0.05, 0.1) is 11.7 Å². The maximum absolute atomic E-state index is 4.91. The van der Waals surface area contributed by atoms with Crippen LogP contribution in [0.1, 0.15) is 47.5 Å². The first-order valence-electron chi connectivity index (χ1n) is 9.72. The summed E-state index contributed by atoms with van der Waals surface area (Å²) in [6, 6.07) is 19.6. The predicted octanol–water partition coefficient (Wildman–Crippen LogP) is 5.26. The Balaban J connectivity index is 1.53. The van der Waals surface area contributed by atoms with E-state index >= 15 is 0 Å². The van der Waals surface area contributed by atoms with Crippen LogP contribution in [0, 0.1) is 0 Å². The number of fused-ring (bicyclic) bond motifs is 1. The van der Waals surface area contributed by atoms with E-state index in [2.05, 4.69) is 78.6 Å². The van der Waals surface area contributed by atoms with Gasteiger partial charge in [-0.25, -0.2) is 0 Å². The van der Waals surface area contributed by atoms with Crippen LogP contribution >= 0.6 is 0 Å². The van der Waals surface area contributed by atoms with Gasteiger partial charge in [-0.2, -0.15) is 5.10 Å². The fraction of sp³-hybridized carbons (Fsp3) is 0.250. The number of H-pyrrole nitrogens is 1. The van der Waals surface area contributed by atoms with Crippen LogP contribution in [0.5, 0.6) is 0 Å². The quantitative estimate of drug-likeness (QED) is 0.512. The molecular formula is C24H25N3. The Morgan fingerprint density at radius 2 is 1.48 bits per heavy atom. The maximum Gasteiger partial charge on any atom is 0.0650 e. The Labute approximate surface area is 160 Å². The molecule has 0 aliphatic carbocycles. The Bertz CT molecular complexity index is 1060. The van der Waals surface area contributed by atoms with E-state index in [4.69, 9.17) is 4.98 Å². The highest BCUT2D eigenvalue weighted by molar-refractivity contribution is 5.78. The van der Waals surface area contributed by atoms with Crippen LogP contribution in [0.4, 0.5) is 0 Å². The molecule has 2 heterocycles. The van der Waals surface area contributed by atoms with Crippen molar-refractivity contribution in [1.29, 1.82) is 0 Å². The minimum Gasteiger partial charge on any atom is -0.278 e. The molecule has 4 rings (SSSR count). The summed E-state index contributed by atoms with van der Waals surface area (Å²) >= 11 is 0. The van der Waals surface area contributed by atoms with Gasteiger partial charge in [-0.05, 0) is 59.4 Å². The van der Waals surface area contributed by atoms with E-state index in [1.807, 2.05) is 6.20 Å². The van der Waals surface area contributed by atoms with E-state index in [1.165, 1.54) is 22.3 Å². The molecule has 0 saturated carbocycles. The average molecular weight is 355 g/mol.